The number of nitro benzene ring substituents is 1. The van der Waals surface area contributed by atoms with Crippen molar-refractivity contribution in [2.24, 2.45) is 0 Å². The summed E-state index contributed by atoms with van der Waals surface area (Å²) in [5.74, 6) is 0.851. The minimum absolute atomic E-state index is 0.0741. The van der Waals surface area contributed by atoms with E-state index < -0.39 is 0 Å². The Balaban J connectivity index is 2.08. The zero-order valence-electron chi connectivity index (χ0n) is 10.7. The van der Waals surface area contributed by atoms with Gasteiger partial charge in [-0.25, -0.2) is 0 Å². The van der Waals surface area contributed by atoms with Crippen molar-refractivity contribution in [1.29, 1.82) is 0 Å². The number of hydrogen-bond acceptors (Lipinski definition) is 4. The van der Waals surface area contributed by atoms with Gasteiger partial charge in [-0.2, -0.15) is 0 Å². The fraction of sp³-hybridized carbons (Fsp3) is 0.286. The maximum atomic E-state index is 10.8. The summed E-state index contributed by atoms with van der Waals surface area (Å²) in [6.07, 6.45) is 2.48. The number of rotatable bonds is 6. The highest BCUT2D eigenvalue weighted by atomic mass is 16.6. The van der Waals surface area contributed by atoms with Gasteiger partial charge in [-0.1, -0.05) is 19.1 Å². The first kappa shape index (κ1) is 13.3. The largest absolute Gasteiger partial charge is 0.468 e. The monoisotopic (exact) mass is 260 g/mol. The SMILES string of the molecule is CCC(NCc1ccco1)c1cccc([N+](=O)[O-])c1. The van der Waals surface area contributed by atoms with Crippen LogP contribution in [0.25, 0.3) is 0 Å². The smallest absolute Gasteiger partial charge is 0.269 e. The third kappa shape index (κ3) is 3.42. The van der Waals surface area contributed by atoms with Crippen molar-refractivity contribution in [3.05, 3.63) is 64.1 Å². The second kappa shape index (κ2) is 6.15. The van der Waals surface area contributed by atoms with Crippen LogP contribution in [-0.4, -0.2) is 4.92 Å². The van der Waals surface area contributed by atoms with Gasteiger partial charge in [-0.3, -0.25) is 10.1 Å². The van der Waals surface area contributed by atoms with Crippen LogP contribution in [0.3, 0.4) is 0 Å². The molecule has 19 heavy (non-hydrogen) atoms. The van der Waals surface area contributed by atoms with Crippen LogP contribution < -0.4 is 5.32 Å². The summed E-state index contributed by atoms with van der Waals surface area (Å²) in [6, 6.07) is 10.5. The maximum Gasteiger partial charge on any atom is 0.269 e. The fourth-order valence-electron chi connectivity index (χ4n) is 1.99. The topological polar surface area (TPSA) is 68.3 Å². The van der Waals surface area contributed by atoms with Crippen LogP contribution in [0.5, 0.6) is 0 Å². The van der Waals surface area contributed by atoms with E-state index in [-0.39, 0.29) is 16.7 Å². The zero-order valence-corrected chi connectivity index (χ0v) is 10.7. The first-order valence-corrected chi connectivity index (χ1v) is 6.21. The molecular weight excluding hydrogens is 244 g/mol. The fourth-order valence-corrected chi connectivity index (χ4v) is 1.99. The van der Waals surface area contributed by atoms with Gasteiger partial charge in [0, 0.05) is 18.2 Å². The van der Waals surface area contributed by atoms with E-state index in [0.29, 0.717) is 6.54 Å². The number of nitro groups is 1. The van der Waals surface area contributed by atoms with Gasteiger partial charge >= 0.3 is 0 Å². The summed E-state index contributed by atoms with van der Waals surface area (Å²) in [6.45, 7) is 2.65. The molecule has 1 aromatic heterocycles. The van der Waals surface area contributed by atoms with E-state index >= 15 is 0 Å². The van der Waals surface area contributed by atoms with Crippen molar-refractivity contribution >= 4 is 5.69 Å². The average Bonchev–Trinajstić information content (AvgIpc) is 2.93. The molecule has 0 aliphatic carbocycles. The Kier molecular flexibility index (Phi) is 4.30. The average molecular weight is 260 g/mol. The summed E-state index contributed by atoms with van der Waals surface area (Å²) in [7, 11) is 0. The van der Waals surface area contributed by atoms with Gasteiger partial charge in [0.2, 0.25) is 0 Å². The van der Waals surface area contributed by atoms with E-state index in [4.69, 9.17) is 4.42 Å². The molecule has 1 N–H and O–H groups in total. The van der Waals surface area contributed by atoms with Crippen LogP contribution in [0.15, 0.2) is 47.1 Å². The summed E-state index contributed by atoms with van der Waals surface area (Å²) in [5.41, 5.74) is 1.04. The van der Waals surface area contributed by atoms with Crippen LogP contribution in [-0.2, 0) is 6.54 Å². The Morgan fingerprint density at radius 2 is 2.21 bits per heavy atom. The van der Waals surface area contributed by atoms with Crippen molar-refractivity contribution in [3.8, 4) is 0 Å². The minimum Gasteiger partial charge on any atom is -0.468 e. The van der Waals surface area contributed by atoms with Crippen LogP contribution in [0.4, 0.5) is 5.69 Å². The number of nitrogens with zero attached hydrogens (tertiary/aromatic N) is 1. The predicted octanol–water partition coefficient (Wildman–Crippen LogP) is 3.43. The molecule has 100 valence electrons. The molecule has 0 saturated heterocycles. The lowest BCUT2D eigenvalue weighted by molar-refractivity contribution is -0.384. The molecule has 2 rings (SSSR count). The molecule has 0 saturated carbocycles. The van der Waals surface area contributed by atoms with Crippen molar-refractivity contribution < 1.29 is 9.34 Å². The van der Waals surface area contributed by atoms with E-state index in [2.05, 4.69) is 5.32 Å². The molecule has 2 aromatic rings. The third-order valence-corrected chi connectivity index (χ3v) is 2.99. The van der Waals surface area contributed by atoms with Gasteiger partial charge in [0.05, 0.1) is 17.7 Å². The third-order valence-electron chi connectivity index (χ3n) is 2.99. The molecule has 0 radical (unpaired) electrons. The predicted molar refractivity (Wildman–Crippen MR) is 71.7 cm³/mol. The van der Waals surface area contributed by atoms with Crippen LogP contribution in [0.1, 0.15) is 30.7 Å². The molecule has 0 bridgehead atoms. The Bertz CT molecular complexity index is 537. The number of non-ortho nitro benzene ring substituents is 1. The lowest BCUT2D eigenvalue weighted by Crippen LogP contribution is -2.20. The highest BCUT2D eigenvalue weighted by molar-refractivity contribution is 5.35. The van der Waals surface area contributed by atoms with E-state index in [1.54, 1.807) is 18.4 Å². The lowest BCUT2D eigenvalue weighted by atomic mass is 10.0. The molecule has 5 heteroatoms. The molecule has 0 fully saturated rings. The van der Waals surface area contributed by atoms with Gasteiger partial charge in [-0.15, -0.1) is 0 Å². The highest BCUT2D eigenvalue weighted by Gasteiger charge is 2.13. The van der Waals surface area contributed by atoms with Crippen molar-refractivity contribution in [2.75, 3.05) is 0 Å². The molecule has 0 aliphatic heterocycles. The number of hydrogen-bond donors (Lipinski definition) is 1. The summed E-state index contributed by atoms with van der Waals surface area (Å²) in [5, 5.41) is 14.1. The van der Waals surface area contributed by atoms with E-state index in [0.717, 1.165) is 17.7 Å². The van der Waals surface area contributed by atoms with Gasteiger partial charge in [0.1, 0.15) is 5.76 Å². The first-order chi connectivity index (χ1) is 9.20. The molecule has 1 atom stereocenters. The molecule has 0 aliphatic rings. The molecular formula is C14H16N2O3. The Hall–Kier alpha value is -2.14. The van der Waals surface area contributed by atoms with Crippen molar-refractivity contribution in [3.63, 3.8) is 0 Å². The Labute approximate surface area is 111 Å². The summed E-state index contributed by atoms with van der Waals surface area (Å²) in [4.78, 5) is 10.4. The second-order valence-corrected chi connectivity index (χ2v) is 4.27. The van der Waals surface area contributed by atoms with Crippen molar-refractivity contribution in [1.82, 2.24) is 5.32 Å². The van der Waals surface area contributed by atoms with Gasteiger partial charge in [0.15, 0.2) is 0 Å². The van der Waals surface area contributed by atoms with Gasteiger partial charge in [0.25, 0.3) is 5.69 Å². The molecule has 1 heterocycles. The number of benzene rings is 1. The van der Waals surface area contributed by atoms with Crippen LogP contribution in [0, 0.1) is 10.1 Å². The highest BCUT2D eigenvalue weighted by Crippen LogP contribution is 2.22. The minimum atomic E-state index is -0.372. The zero-order chi connectivity index (χ0) is 13.7. The van der Waals surface area contributed by atoms with Gasteiger partial charge in [-0.05, 0) is 24.1 Å². The normalized spacial score (nSPS) is 12.3. The van der Waals surface area contributed by atoms with Gasteiger partial charge < -0.3 is 9.73 Å². The summed E-state index contributed by atoms with van der Waals surface area (Å²) >= 11 is 0. The maximum absolute atomic E-state index is 10.8. The molecule has 5 nitrogen and oxygen atoms in total. The van der Waals surface area contributed by atoms with Crippen LogP contribution >= 0.6 is 0 Å². The molecule has 0 spiro atoms. The van der Waals surface area contributed by atoms with E-state index in [9.17, 15) is 10.1 Å². The van der Waals surface area contributed by atoms with Crippen molar-refractivity contribution in [2.45, 2.75) is 25.9 Å². The van der Waals surface area contributed by atoms with E-state index in [1.165, 1.54) is 6.07 Å². The summed E-state index contributed by atoms with van der Waals surface area (Å²) < 4.78 is 5.26. The van der Waals surface area contributed by atoms with E-state index in [1.807, 2.05) is 25.1 Å². The Morgan fingerprint density at radius 1 is 1.37 bits per heavy atom. The molecule has 0 amide bonds. The Morgan fingerprint density at radius 3 is 2.84 bits per heavy atom. The molecule has 1 aromatic carbocycles. The number of furan rings is 1. The molecule has 1 unspecified atom stereocenters. The second-order valence-electron chi connectivity index (χ2n) is 4.27. The first-order valence-electron chi connectivity index (χ1n) is 6.21. The number of nitrogens with one attached hydrogen (secondary N) is 1. The standard InChI is InChI=1S/C14H16N2O3/c1-2-14(15-10-13-7-4-8-19-13)11-5-3-6-12(9-11)16(17)18/h3-9,14-15H,2,10H2,1H3. The quantitative estimate of drug-likeness (QED) is 0.638. The lowest BCUT2D eigenvalue weighted by Gasteiger charge is -2.16. The van der Waals surface area contributed by atoms with Crippen LogP contribution in [0.2, 0.25) is 0 Å².